The summed E-state index contributed by atoms with van der Waals surface area (Å²) in [5, 5.41) is 6.45. The van der Waals surface area contributed by atoms with E-state index >= 15 is 0 Å². The molecule has 0 unspecified atom stereocenters. The number of aromatic amines is 1. The third-order valence-corrected chi connectivity index (χ3v) is 2.81. The number of benzene rings is 1. The van der Waals surface area contributed by atoms with Crippen LogP contribution in [0.4, 0.5) is 5.82 Å². The Kier molecular flexibility index (Phi) is 3.41. The quantitative estimate of drug-likeness (QED) is 0.822. The summed E-state index contributed by atoms with van der Waals surface area (Å²) in [7, 11) is 2.86. The number of methoxy groups -OCH3 is 2. The molecule has 0 aliphatic rings. The van der Waals surface area contributed by atoms with Crippen LogP contribution in [0.2, 0.25) is 0 Å². The monoisotopic (exact) mass is 261 g/mol. The summed E-state index contributed by atoms with van der Waals surface area (Å²) < 4.78 is 10.0. The number of nitrogens with zero attached hydrogens (tertiary/aromatic N) is 1. The number of hydrogen-bond acceptors (Lipinski definition) is 5. The van der Waals surface area contributed by atoms with Crippen molar-refractivity contribution in [2.24, 2.45) is 0 Å². The maximum absolute atomic E-state index is 11.7. The Hall–Kier alpha value is -2.50. The minimum Gasteiger partial charge on any atom is -0.496 e. The largest absolute Gasteiger partial charge is 0.496 e. The number of aromatic nitrogens is 2. The van der Waals surface area contributed by atoms with E-state index in [9.17, 15) is 4.79 Å². The van der Waals surface area contributed by atoms with Gasteiger partial charge < -0.3 is 15.2 Å². The third kappa shape index (κ3) is 2.24. The number of ether oxygens (including phenoxy) is 2. The highest BCUT2D eigenvalue weighted by atomic mass is 16.5. The van der Waals surface area contributed by atoms with E-state index in [1.165, 1.54) is 7.11 Å². The molecule has 0 saturated heterocycles. The molecule has 1 aromatic heterocycles. The lowest BCUT2D eigenvalue weighted by Crippen LogP contribution is -2.04. The normalized spacial score (nSPS) is 10.3. The molecule has 0 fully saturated rings. The fourth-order valence-corrected chi connectivity index (χ4v) is 1.90. The van der Waals surface area contributed by atoms with E-state index in [0.717, 1.165) is 5.56 Å². The molecule has 0 atom stereocenters. The average molecular weight is 261 g/mol. The van der Waals surface area contributed by atoms with Crippen molar-refractivity contribution < 1.29 is 14.3 Å². The molecule has 3 N–H and O–H groups in total. The van der Waals surface area contributed by atoms with Crippen molar-refractivity contribution in [1.29, 1.82) is 0 Å². The first kappa shape index (κ1) is 12.9. The van der Waals surface area contributed by atoms with Gasteiger partial charge in [-0.25, -0.2) is 4.79 Å². The van der Waals surface area contributed by atoms with Crippen molar-refractivity contribution in [2.45, 2.75) is 6.92 Å². The number of H-pyrrole nitrogens is 1. The number of carbonyl (C=O) groups is 1. The molecule has 0 bridgehead atoms. The highest BCUT2D eigenvalue weighted by Crippen LogP contribution is 2.36. The summed E-state index contributed by atoms with van der Waals surface area (Å²) in [5.74, 6) is 0.316. The predicted molar refractivity (Wildman–Crippen MR) is 71.1 cm³/mol. The molecule has 6 heteroatoms. The second-order valence-corrected chi connectivity index (χ2v) is 4.05. The summed E-state index contributed by atoms with van der Waals surface area (Å²) in [6, 6.07) is 5.61. The van der Waals surface area contributed by atoms with Crippen LogP contribution in [0, 0.1) is 6.92 Å². The molecule has 0 saturated carbocycles. The van der Waals surface area contributed by atoms with Gasteiger partial charge in [-0.05, 0) is 19.1 Å². The number of esters is 1. The lowest BCUT2D eigenvalue weighted by atomic mass is 10.0. The highest BCUT2D eigenvalue weighted by molar-refractivity contribution is 5.99. The number of nitrogen functional groups attached to an aromatic ring is 1. The molecular formula is C13H15N3O3. The van der Waals surface area contributed by atoms with Crippen molar-refractivity contribution in [1.82, 2.24) is 10.2 Å². The molecule has 0 aliphatic heterocycles. The van der Waals surface area contributed by atoms with Crippen LogP contribution in [0.15, 0.2) is 18.2 Å². The van der Waals surface area contributed by atoms with Crippen LogP contribution in [-0.4, -0.2) is 30.4 Å². The molecular weight excluding hydrogens is 246 g/mol. The summed E-state index contributed by atoms with van der Waals surface area (Å²) >= 11 is 0. The Labute approximate surface area is 110 Å². The molecule has 19 heavy (non-hydrogen) atoms. The Morgan fingerprint density at radius 1 is 1.37 bits per heavy atom. The SMILES string of the molecule is COC(=O)c1[nH]nc(N)c1-c1cc(C)ccc1OC. The van der Waals surface area contributed by atoms with Crippen molar-refractivity contribution >= 4 is 11.8 Å². The van der Waals surface area contributed by atoms with Gasteiger partial charge in [-0.1, -0.05) is 11.6 Å². The summed E-state index contributed by atoms with van der Waals surface area (Å²) in [4.78, 5) is 11.7. The van der Waals surface area contributed by atoms with Gasteiger partial charge in [-0.3, -0.25) is 5.10 Å². The van der Waals surface area contributed by atoms with Crippen molar-refractivity contribution in [2.75, 3.05) is 20.0 Å². The van der Waals surface area contributed by atoms with Gasteiger partial charge in [0.15, 0.2) is 11.5 Å². The number of nitrogens with two attached hydrogens (primary N) is 1. The van der Waals surface area contributed by atoms with Crippen LogP contribution in [0.25, 0.3) is 11.1 Å². The smallest absolute Gasteiger partial charge is 0.356 e. The van der Waals surface area contributed by atoms with Gasteiger partial charge in [0.2, 0.25) is 0 Å². The molecule has 2 aromatic rings. The first-order valence-electron chi connectivity index (χ1n) is 5.65. The average Bonchev–Trinajstić information content (AvgIpc) is 2.79. The van der Waals surface area contributed by atoms with Gasteiger partial charge in [-0.15, -0.1) is 0 Å². The maximum atomic E-state index is 11.7. The molecule has 0 spiro atoms. The van der Waals surface area contributed by atoms with E-state index in [1.807, 2.05) is 25.1 Å². The molecule has 6 nitrogen and oxygen atoms in total. The van der Waals surface area contributed by atoms with Crippen molar-refractivity contribution in [3.8, 4) is 16.9 Å². The van der Waals surface area contributed by atoms with Gasteiger partial charge in [0.05, 0.1) is 19.8 Å². The molecule has 0 radical (unpaired) electrons. The van der Waals surface area contributed by atoms with Gasteiger partial charge in [-0.2, -0.15) is 5.10 Å². The van der Waals surface area contributed by atoms with E-state index in [0.29, 0.717) is 16.9 Å². The topological polar surface area (TPSA) is 90.2 Å². The molecule has 0 aliphatic carbocycles. The molecule has 100 valence electrons. The van der Waals surface area contributed by atoms with Crippen molar-refractivity contribution in [3.63, 3.8) is 0 Å². The van der Waals surface area contributed by atoms with Crippen LogP contribution in [0.5, 0.6) is 5.75 Å². The minimum absolute atomic E-state index is 0.212. The van der Waals surface area contributed by atoms with E-state index in [1.54, 1.807) is 7.11 Å². The molecule has 2 rings (SSSR count). The zero-order valence-electron chi connectivity index (χ0n) is 11.0. The molecule has 1 aromatic carbocycles. The lowest BCUT2D eigenvalue weighted by molar-refractivity contribution is 0.0595. The third-order valence-electron chi connectivity index (χ3n) is 2.81. The number of nitrogens with one attached hydrogen (secondary N) is 1. The standard InChI is InChI=1S/C13H15N3O3/c1-7-4-5-9(18-2)8(6-7)10-11(13(17)19-3)15-16-12(10)14/h4-6H,1-3H3,(H3,14,15,16). The van der Waals surface area contributed by atoms with E-state index in [-0.39, 0.29) is 11.5 Å². The first-order valence-corrected chi connectivity index (χ1v) is 5.65. The van der Waals surface area contributed by atoms with Crippen LogP contribution in [-0.2, 0) is 4.74 Å². The fraction of sp³-hybridized carbons (Fsp3) is 0.231. The first-order chi connectivity index (χ1) is 9.08. The van der Waals surface area contributed by atoms with E-state index in [4.69, 9.17) is 15.2 Å². The number of hydrogen-bond donors (Lipinski definition) is 2. The van der Waals surface area contributed by atoms with Crippen molar-refractivity contribution in [3.05, 3.63) is 29.5 Å². The second-order valence-electron chi connectivity index (χ2n) is 4.05. The summed E-state index contributed by atoms with van der Waals surface area (Å²) in [5.41, 5.74) is 8.26. The van der Waals surface area contributed by atoms with Crippen LogP contribution in [0.1, 0.15) is 16.1 Å². The Morgan fingerprint density at radius 2 is 2.11 bits per heavy atom. The van der Waals surface area contributed by atoms with Gasteiger partial charge >= 0.3 is 5.97 Å². The predicted octanol–water partition coefficient (Wildman–Crippen LogP) is 1.76. The lowest BCUT2D eigenvalue weighted by Gasteiger charge is -2.10. The van der Waals surface area contributed by atoms with E-state index in [2.05, 4.69) is 10.2 Å². The number of anilines is 1. The van der Waals surface area contributed by atoms with Crippen LogP contribution >= 0.6 is 0 Å². The second kappa shape index (κ2) is 5.01. The fourth-order valence-electron chi connectivity index (χ4n) is 1.90. The Morgan fingerprint density at radius 3 is 2.74 bits per heavy atom. The Balaban J connectivity index is 2.68. The zero-order chi connectivity index (χ0) is 14.0. The van der Waals surface area contributed by atoms with Gasteiger partial charge in [0.25, 0.3) is 0 Å². The summed E-state index contributed by atoms with van der Waals surface area (Å²) in [6.07, 6.45) is 0. The van der Waals surface area contributed by atoms with Crippen LogP contribution < -0.4 is 10.5 Å². The molecule has 0 amide bonds. The van der Waals surface area contributed by atoms with Gasteiger partial charge in [0, 0.05) is 5.56 Å². The number of aryl methyl sites for hydroxylation is 1. The van der Waals surface area contributed by atoms with E-state index < -0.39 is 5.97 Å². The Bertz CT molecular complexity index is 620. The minimum atomic E-state index is -0.525. The number of rotatable bonds is 3. The maximum Gasteiger partial charge on any atom is 0.356 e. The van der Waals surface area contributed by atoms with Crippen LogP contribution in [0.3, 0.4) is 0 Å². The highest BCUT2D eigenvalue weighted by Gasteiger charge is 2.22. The molecule has 1 heterocycles. The number of carbonyl (C=O) groups excluding carboxylic acids is 1. The van der Waals surface area contributed by atoms with Gasteiger partial charge in [0.1, 0.15) is 5.75 Å². The summed E-state index contributed by atoms with van der Waals surface area (Å²) in [6.45, 7) is 1.94. The zero-order valence-corrected chi connectivity index (χ0v) is 11.0.